The third-order valence-electron chi connectivity index (χ3n) is 5.85. The van der Waals surface area contributed by atoms with Gasteiger partial charge in [0.05, 0.1) is 12.9 Å². The summed E-state index contributed by atoms with van der Waals surface area (Å²) in [6, 6.07) is 13.4. The summed E-state index contributed by atoms with van der Waals surface area (Å²) in [7, 11) is -9.54. The Balaban J connectivity index is 1.41. The quantitative estimate of drug-likeness (QED) is 0.130. The zero-order valence-corrected chi connectivity index (χ0v) is 21.8. The summed E-state index contributed by atoms with van der Waals surface area (Å²) < 4.78 is 34.7. The molecule has 2 aromatic heterocycles. The van der Waals surface area contributed by atoms with Gasteiger partial charge in [0.15, 0.2) is 29.1 Å². The standard InChI is InChI=1S/C21H22ClN5O9P2/c22-21-25-18(24-13-7-3-5-11-4-1-2-6-12(11)13)15-19(26-21)27(9-23-15)20-17(29)16(28)14(36-20)8-35-38(33,34)10-37(30,31)32/h1-7,9,14,16-17,20,28-29H,8,10H2,(H,33,34)(H,24,25,26)(H2,30,31,32)/t14-,16?,17+,20-/m1/s1. The van der Waals surface area contributed by atoms with Gasteiger partial charge in [-0.1, -0.05) is 36.4 Å². The molecule has 0 aliphatic carbocycles. The van der Waals surface area contributed by atoms with E-state index in [-0.39, 0.29) is 22.3 Å². The molecule has 6 N–H and O–H groups in total. The van der Waals surface area contributed by atoms with E-state index < -0.39 is 52.2 Å². The van der Waals surface area contributed by atoms with E-state index in [1.807, 2.05) is 42.5 Å². The van der Waals surface area contributed by atoms with Crippen LogP contribution < -0.4 is 5.32 Å². The monoisotopic (exact) mass is 585 g/mol. The molecule has 0 bridgehead atoms. The predicted molar refractivity (Wildman–Crippen MR) is 136 cm³/mol. The summed E-state index contributed by atoms with van der Waals surface area (Å²) in [5.41, 5.74) is 1.19. The summed E-state index contributed by atoms with van der Waals surface area (Å²) in [6.07, 6.45) is -4.37. The number of ether oxygens (including phenoxy) is 1. The third kappa shape index (κ3) is 5.61. The van der Waals surface area contributed by atoms with E-state index in [9.17, 15) is 24.2 Å². The molecule has 4 aromatic rings. The van der Waals surface area contributed by atoms with Crippen molar-refractivity contribution in [2.75, 3.05) is 17.8 Å². The lowest BCUT2D eigenvalue weighted by Gasteiger charge is -2.18. The SMILES string of the molecule is O=P(O)(O)CP(=O)(O)OC[C@H]1O[C@@H](n2cnc3c(Nc4cccc5ccccc45)nc(Cl)nc32)[C@@H](O)C1O. The molecule has 38 heavy (non-hydrogen) atoms. The fraction of sp³-hybridized carbons (Fsp3) is 0.286. The number of hydrogen-bond acceptors (Lipinski definition) is 10. The van der Waals surface area contributed by atoms with Crippen molar-refractivity contribution in [2.45, 2.75) is 24.5 Å². The molecule has 202 valence electrons. The summed E-state index contributed by atoms with van der Waals surface area (Å²) in [4.78, 5) is 40.3. The molecule has 1 fully saturated rings. The highest BCUT2D eigenvalue weighted by atomic mass is 35.5. The number of rotatable bonds is 8. The van der Waals surface area contributed by atoms with Crippen molar-refractivity contribution in [1.29, 1.82) is 0 Å². The lowest BCUT2D eigenvalue weighted by Crippen LogP contribution is -2.33. The number of anilines is 2. The molecule has 0 saturated carbocycles. The van der Waals surface area contributed by atoms with Gasteiger partial charge in [0.25, 0.3) is 0 Å². The van der Waals surface area contributed by atoms with Gasteiger partial charge in [-0.15, -0.1) is 0 Å². The van der Waals surface area contributed by atoms with Crippen molar-refractivity contribution in [3.63, 3.8) is 0 Å². The Labute approximate surface area is 219 Å². The number of benzene rings is 2. The molecule has 1 aliphatic rings. The second-order valence-corrected chi connectivity index (χ2v) is 12.9. The first kappa shape index (κ1) is 27.1. The first-order chi connectivity index (χ1) is 17.9. The number of aliphatic hydroxyl groups excluding tert-OH is 2. The molecule has 0 amide bonds. The number of aliphatic hydroxyl groups is 2. The fourth-order valence-corrected chi connectivity index (χ4v) is 6.92. The van der Waals surface area contributed by atoms with Gasteiger partial charge in [0, 0.05) is 11.1 Å². The van der Waals surface area contributed by atoms with Crippen LogP contribution in [0.4, 0.5) is 11.5 Å². The molecular formula is C21H22ClN5O9P2. The highest BCUT2D eigenvalue weighted by Gasteiger charge is 2.45. The highest BCUT2D eigenvalue weighted by Crippen LogP contribution is 2.55. The molecule has 1 saturated heterocycles. The average Bonchev–Trinajstić information content (AvgIpc) is 3.37. The smallest absolute Gasteiger partial charge is 0.340 e. The number of aromatic nitrogens is 4. The molecule has 17 heteroatoms. The molecule has 1 aliphatic heterocycles. The Bertz CT molecular complexity index is 1590. The van der Waals surface area contributed by atoms with Gasteiger partial charge < -0.3 is 39.5 Å². The van der Waals surface area contributed by atoms with E-state index in [4.69, 9.17) is 30.6 Å². The maximum atomic E-state index is 12.0. The molecule has 5 rings (SSSR count). The first-order valence-corrected chi connectivity index (χ1v) is 15.0. The van der Waals surface area contributed by atoms with Crippen molar-refractivity contribution < 1.29 is 43.3 Å². The molecule has 0 spiro atoms. The number of nitrogens with zero attached hydrogens (tertiary/aromatic N) is 4. The van der Waals surface area contributed by atoms with Crippen LogP contribution in [-0.2, 0) is 18.4 Å². The van der Waals surface area contributed by atoms with Crippen LogP contribution in [0.15, 0.2) is 48.8 Å². The van der Waals surface area contributed by atoms with Crippen LogP contribution >= 0.6 is 26.8 Å². The van der Waals surface area contributed by atoms with Crippen LogP contribution in [0, 0.1) is 0 Å². The van der Waals surface area contributed by atoms with Crippen molar-refractivity contribution in [1.82, 2.24) is 19.5 Å². The maximum Gasteiger partial charge on any atom is 0.340 e. The molecule has 0 radical (unpaired) electrons. The molecule has 5 atom stereocenters. The van der Waals surface area contributed by atoms with Crippen molar-refractivity contribution in [2.24, 2.45) is 0 Å². The van der Waals surface area contributed by atoms with Gasteiger partial charge in [-0.3, -0.25) is 13.7 Å². The van der Waals surface area contributed by atoms with Gasteiger partial charge in [-0.05, 0) is 23.1 Å². The van der Waals surface area contributed by atoms with Crippen molar-refractivity contribution >= 4 is 60.2 Å². The van der Waals surface area contributed by atoms with E-state index in [2.05, 4.69) is 20.3 Å². The van der Waals surface area contributed by atoms with Crippen LogP contribution in [0.1, 0.15) is 6.23 Å². The van der Waals surface area contributed by atoms with Crippen LogP contribution in [0.3, 0.4) is 0 Å². The second-order valence-electron chi connectivity index (χ2n) is 8.60. The summed E-state index contributed by atoms with van der Waals surface area (Å²) >= 11 is 6.19. The van der Waals surface area contributed by atoms with E-state index in [0.717, 1.165) is 16.5 Å². The van der Waals surface area contributed by atoms with E-state index in [1.165, 1.54) is 10.9 Å². The first-order valence-electron chi connectivity index (χ1n) is 11.1. The third-order valence-corrected chi connectivity index (χ3v) is 9.48. The minimum Gasteiger partial charge on any atom is -0.387 e. The number of fused-ring (bicyclic) bond motifs is 2. The summed E-state index contributed by atoms with van der Waals surface area (Å²) in [5.74, 6) is -1.12. The Morgan fingerprint density at radius 3 is 2.55 bits per heavy atom. The Morgan fingerprint density at radius 1 is 1.05 bits per heavy atom. The topological polar surface area (TPSA) is 209 Å². The normalized spacial score (nSPS) is 23.6. The zero-order valence-electron chi connectivity index (χ0n) is 19.3. The van der Waals surface area contributed by atoms with Gasteiger partial charge in [-0.25, -0.2) is 4.98 Å². The van der Waals surface area contributed by atoms with Crippen LogP contribution in [-0.4, -0.2) is 75.2 Å². The van der Waals surface area contributed by atoms with Gasteiger partial charge in [0.2, 0.25) is 5.28 Å². The van der Waals surface area contributed by atoms with Gasteiger partial charge >= 0.3 is 15.2 Å². The second kappa shape index (κ2) is 10.2. The Morgan fingerprint density at radius 2 is 1.79 bits per heavy atom. The summed E-state index contributed by atoms with van der Waals surface area (Å²) in [6.45, 7) is -0.723. The molecule has 14 nitrogen and oxygen atoms in total. The lowest BCUT2D eigenvalue weighted by atomic mass is 10.1. The average molecular weight is 586 g/mol. The fourth-order valence-electron chi connectivity index (χ4n) is 4.19. The molecular weight excluding hydrogens is 564 g/mol. The van der Waals surface area contributed by atoms with Crippen LogP contribution in [0.5, 0.6) is 0 Å². The van der Waals surface area contributed by atoms with E-state index in [1.54, 1.807) is 0 Å². The Kier molecular flexibility index (Phi) is 7.31. The number of halogens is 1. The lowest BCUT2D eigenvalue weighted by molar-refractivity contribution is -0.0483. The van der Waals surface area contributed by atoms with E-state index in [0.29, 0.717) is 0 Å². The number of hydrogen-bond donors (Lipinski definition) is 6. The predicted octanol–water partition coefficient (Wildman–Crippen LogP) is 2.33. The van der Waals surface area contributed by atoms with Crippen molar-refractivity contribution in [3.8, 4) is 0 Å². The largest absolute Gasteiger partial charge is 0.387 e. The maximum absolute atomic E-state index is 12.0. The summed E-state index contributed by atoms with van der Waals surface area (Å²) in [5, 5.41) is 26.1. The van der Waals surface area contributed by atoms with Crippen molar-refractivity contribution in [3.05, 3.63) is 54.1 Å². The number of imidazole rings is 1. The van der Waals surface area contributed by atoms with Crippen LogP contribution in [0.25, 0.3) is 21.9 Å². The molecule has 2 aromatic carbocycles. The highest BCUT2D eigenvalue weighted by molar-refractivity contribution is 7.70. The van der Waals surface area contributed by atoms with E-state index >= 15 is 0 Å². The van der Waals surface area contributed by atoms with Gasteiger partial charge in [-0.2, -0.15) is 9.97 Å². The number of nitrogens with one attached hydrogen (secondary N) is 1. The van der Waals surface area contributed by atoms with Gasteiger partial charge in [0.1, 0.15) is 18.3 Å². The Hall–Kier alpha value is -2.48. The molecule has 2 unspecified atom stereocenters. The molecule has 3 heterocycles. The minimum absolute atomic E-state index is 0.131. The zero-order chi connectivity index (χ0) is 27.2. The van der Waals surface area contributed by atoms with Crippen LogP contribution in [0.2, 0.25) is 5.28 Å². The minimum atomic E-state index is -4.84.